The molecular formula is C12H10BrFN2O2S. The molecule has 2 aromatic rings. The molecule has 0 saturated carbocycles. The molecule has 0 aliphatic heterocycles. The largest absolute Gasteiger partial charge is 0.399 e. The number of anilines is 2. The zero-order valence-electron chi connectivity index (χ0n) is 9.60. The SMILES string of the molecule is Nc1ccc(Br)c(S(=O)(=O)Nc2ccccc2F)c1. The smallest absolute Gasteiger partial charge is 0.263 e. The molecule has 0 spiro atoms. The highest BCUT2D eigenvalue weighted by molar-refractivity contribution is 9.10. The molecule has 0 fully saturated rings. The number of sulfonamides is 1. The van der Waals surface area contributed by atoms with Crippen molar-refractivity contribution < 1.29 is 12.8 Å². The van der Waals surface area contributed by atoms with Gasteiger partial charge >= 0.3 is 0 Å². The molecule has 0 aliphatic rings. The van der Waals surface area contributed by atoms with E-state index in [-0.39, 0.29) is 10.6 Å². The first-order chi connectivity index (χ1) is 8.90. The molecule has 0 unspecified atom stereocenters. The van der Waals surface area contributed by atoms with Gasteiger partial charge in [-0.2, -0.15) is 0 Å². The zero-order valence-corrected chi connectivity index (χ0v) is 12.0. The van der Waals surface area contributed by atoms with Gasteiger partial charge in [0.25, 0.3) is 10.0 Å². The van der Waals surface area contributed by atoms with Gasteiger partial charge in [0.15, 0.2) is 0 Å². The fourth-order valence-corrected chi connectivity index (χ4v) is 3.54. The summed E-state index contributed by atoms with van der Waals surface area (Å²) in [5.41, 5.74) is 5.75. The standard InChI is InChI=1S/C12H10BrFN2O2S/c13-9-6-5-8(15)7-12(9)19(17,18)16-11-4-2-1-3-10(11)14/h1-7,16H,15H2. The summed E-state index contributed by atoms with van der Waals surface area (Å²) in [6, 6.07) is 9.91. The van der Waals surface area contributed by atoms with Crippen molar-refractivity contribution in [3.63, 3.8) is 0 Å². The third-order valence-corrected chi connectivity index (χ3v) is 4.72. The van der Waals surface area contributed by atoms with Crippen molar-refractivity contribution in [2.24, 2.45) is 0 Å². The summed E-state index contributed by atoms with van der Waals surface area (Å²) in [6.45, 7) is 0. The van der Waals surface area contributed by atoms with E-state index in [1.165, 1.54) is 36.4 Å². The molecule has 0 heterocycles. The van der Waals surface area contributed by atoms with E-state index in [9.17, 15) is 12.8 Å². The molecule has 4 nitrogen and oxygen atoms in total. The number of benzene rings is 2. The maximum atomic E-state index is 13.5. The van der Waals surface area contributed by atoms with Crippen LogP contribution in [-0.4, -0.2) is 8.42 Å². The van der Waals surface area contributed by atoms with Crippen molar-refractivity contribution >= 4 is 37.3 Å². The van der Waals surface area contributed by atoms with Crippen LogP contribution in [0.5, 0.6) is 0 Å². The molecule has 19 heavy (non-hydrogen) atoms. The van der Waals surface area contributed by atoms with Gasteiger partial charge in [-0.25, -0.2) is 12.8 Å². The van der Waals surface area contributed by atoms with E-state index >= 15 is 0 Å². The van der Waals surface area contributed by atoms with Crippen LogP contribution in [0.2, 0.25) is 0 Å². The van der Waals surface area contributed by atoms with Gasteiger partial charge in [0.05, 0.1) is 5.69 Å². The molecule has 7 heteroatoms. The number of nitrogens with one attached hydrogen (secondary N) is 1. The van der Waals surface area contributed by atoms with Crippen molar-refractivity contribution in [2.45, 2.75) is 4.90 Å². The summed E-state index contributed by atoms with van der Waals surface area (Å²) in [4.78, 5) is -0.0456. The summed E-state index contributed by atoms with van der Waals surface area (Å²) in [6.07, 6.45) is 0. The lowest BCUT2D eigenvalue weighted by Crippen LogP contribution is -2.14. The molecule has 3 N–H and O–H groups in total. The number of hydrogen-bond donors (Lipinski definition) is 2. The summed E-state index contributed by atoms with van der Waals surface area (Å²) < 4.78 is 40.3. The predicted octanol–water partition coefficient (Wildman–Crippen LogP) is 2.97. The number of nitrogen functional groups attached to an aromatic ring is 1. The van der Waals surface area contributed by atoms with E-state index < -0.39 is 15.8 Å². The Bertz CT molecular complexity index is 719. The highest BCUT2D eigenvalue weighted by Crippen LogP contribution is 2.26. The van der Waals surface area contributed by atoms with Gasteiger partial charge in [0.1, 0.15) is 10.7 Å². The van der Waals surface area contributed by atoms with Crippen LogP contribution in [0, 0.1) is 5.82 Å². The van der Waals surface area contributed by atoms with Crippen molar-refractivity contribution in [1.29, 1.82) is 0 Å². The van der Waals surface area contributed by atoms with E-state index in [0.29, 0.717) is 10.2 Å². The van der Waals surface area contributed by atoms with Gasteiger partial charge in [0, 0.05) is 10.2 Å². The normalized spacial score (nSPS) is 11.3. The van der Waals surface area contributed by atoms with Gasteiger partial charge < -0.3 is 5.73 Å². The summed E-state index contributed by atoms with van der Waals surface area (Å²) in [5, 5.41) is 0. The lowest BCUT2D eigenvalue weighted by Gasteiger charge is -2.10. The third kappa shape index (κ3) is 3.05. The molecule has 0 radical (unpaired) electrons. The Labute approximate surface area is 118 Å². The molecule has 0 bridgehead atoms. The first-order valence-corrected chi connectivity index (χ1v) is 7.50. The Balaban J connectivity index is 2.44. The quantitative estimate of drug-likeness (QED) is 0.840. The number of rotatable bonds is 3. The Morgan fingerprint density at radius 2 is 1.84 bits per heavy atom. The van der Waals surface area contributed by atoms with Crippen molar-refractivity contribution in [2.75, 3.05) is 10.5 Å². The summed E-state index contributed by atoms with van der Waals surface area (Å²) in [5.74, 6) is -0.647. The van der Waals surface area contributed by atoms with Gasteiger partial charge in [-0.1, -0.05) is 12.1 Å². The molecule has 0 aliphatic carbocycles. The van der Waals surface area contributed by atoms with Gasteiger partial charge in [0.2, 0.25) is 0 Å². The predicted molar refractivity (Wildman–Crippen MR) is 75.8 cm³/mol. The van der Waals surface area contributed by atoms with Crippen LogP contribution in [0.4, 0.5) is 15.8 Å². The van der Waals surface area contributed by atoms with E-state index in [2.05, 4.69) is 20.7 Å². The molecule has 0 saturated heterocycles. The maximum absolute atomic E-state index is 13.5. The zero-order chi connectivity index (χ0) is 14.0. The third-order valence-electron chi connectivity index (χ3n) is 2.36. The highest BCUT2D eigenvalue weighted by atomic mass is 79.9. The lowest BCUT2D eigenvalue weighted by molar-refractivity contribution is 0.598. The Morgan fingerprint density at radius 3 is 2.53 bits per heavy atom. The summed E-state index contributed by atoms with van der Waals surface area (Å²) in [7, 11) is -3.91. The minimum atomic E-state index is -3.91. The number of nitrogens with two attached hydrogens (primary N) is 1. The molecule has 0 aromatic heterocycles. The van der Waals surface area contributed by atoms with Gasteiger partial charge in [-0.05, 0) is 46.3 Å². The van der Waals surface area contributed by atoms with Gasteiger partial charge in [-0.3, -0.25) is 4.72 Å². The first kappa shape index (κ1) is 13.8. The fourth-order valence-electron chi connectivity index (χ4n) is 1.47. The minimum absolute atomic E-state index is 0.0456. The minimum Gasteiger partial charge on any atom is -0.399 e. The van der Waals surface area contributed by atoms with Crippen molar-refractivity contribution in [1.82, 2.24) is 0 Å². The Hall–Kier alpha value is -1.60. The Morgan fingerprint density at radius 1 is 1.16 bits per heavy atom. The van der Waals surface area contributed by atoms with Crippen molar-refractivity contribution in [3.8, 4) is 0 Å². The van der Waals surface area contributed by atoms with E-state index in [0.717, 1.165) is 0 Å². The Kier molecular flexibility index (Phi) is 3.77. The molecule has 100 valence electrons. The maximum Gasteiger partial charge on any atom is 0.263 e. The lowest BCUT2D eigenvalue weighted by atomic mass is 10.3. The number of hydrogen-bond acceptors (Lipinski definition) is 3. The van der Waals surface area contributed by atoms with Crippen LogP contribution in [-0.2, 0) is 10.0 Å². The topological polar surface area (TPSA) is 72.2 Å². The molecule has 2 rings (SSSR count). The second-order valence-corrected chi connectivity index (χ2v) is 6.28. The van der Waals surface area contributed by atoms with Crippen LogP contribution in [0.15, 0.2) is 51.8 Å². The van der Waals surface area contributed by atoms with Crippen LogP contribution in [0.25, 0.3) is 0 Å². The van der Waals surface area contributed by atoms with E-state index in [4.69, 9.17) is 5.73 Å². The van der Waals surface area contributed by atoms with Gasteiger partial charge in [-0.15, -0.1) is 0 Å². The first-order valence-electron chi connectivity index (χ1n) is 5.22. The molecule has 0 atom stereocenters. The molecular weight excluding hydrogens is 335 g/mol. The molecule has 0 amide bonds. The molecule has 2 aromatic carbocycles. The second-order valence-electron chi connectivity index (χ2n) is 3.78. The number of para-hydroxylation sites is 1. The van der Waals surface area contributed by atoms with Crippen LogP contribution < -0.4 is 10.5 Å². The van der Waals surface area contributed by atoms with Crippen LogP contribution in [0.3, 0.4) is 0 Å². The van der Waals surface area contributed by atoms with Crippen molar-refractivity contribution in [3.05, 3.63) is 52.8 Å². The van der Waals surface area contributed by atoms with Crippen LogP contribution in [0.1, 0.15) is 0 Å². The van der Waals surface area contributed by atoms with E-state index in [1.54, 1.807) is 6.07 Å². The average Bonchev–Trinajstić information content (AvgIpc) is 2.35. The van der Waals surface area contributed by atoms with Crippen LogP contribution >= 0.6 is 15.9 Å². The monoisotopic (exact) mass is 344 g/mol. The second kappa shape index (κ2) is 5.18. The highest BCUT2D eigenvalue weighted by Gasteiger charge is 2.19. The number of halogens is 2. The average molecular weight is 345 g/mol. The summed E-state index contributed by atoms with van der Waals surface area (Å²) >= 11 is 3.13. The van der Waals surface area contributed by atoms with E-state index in [1.807, 2.05) is 0 Å². The fraction of sp³-hybridized carbons (Fsp3) is 0.